The Labute approximate surface area is 320 Å². The smallest absolute Gasteiger partial charge is 0.443 e. The van der Waals surface area contributed by atoms with E-state index in [1.165, 1.54) is 24.3 Å². The van der Waals surface area contributed by atoms with Gasteiger partial charge in [-0.05, 0) is 55.4 Å². The fraction of sp³-hybridized carbons (Fsp3) is 0.357. The summed E-state index contributed by atoms with van der Waals surface area (Å²) in [7, 11) is -18.0. The van der Waals surface area contributed by atoms with Crippen LogP contribution in [0.4, 0.5) is 21.0 Å². The Morgan fingerprint density at radius 1 is 0.804 bits per heavy atom. The standard InChI is InChI=1S/C28H36N4O19P4S/c1-19(46-26(35)29-20-10-4-2-5-11-20)23(47-28(32-17-16-24(33)31-25(32)34)48-27(36)30-21-12-6-3-7-13-21)18-45-52(37,38)49-53(39,40)50-54(41,42)51-55(43,44)56-22-14-8-9-15-22/h2-7,10-13,16-17,19,22-23,28H,8-9,14-15,18H2,1H3,(H,29,35)(H,30,36)(H,37,38)(H,39,40)(H,41,42)(H,43,44)(H,31,33,34)/t19-,23-,28-/m1/s1. The quantitative estimate of drug-likeness (QED) is 0.0584. The predicted molar refractivity (Wildman–Crippen MR) is 196 cm³/mol. The third-order valence-electron chi connectivity index (χ3n) is 7.04. The number of para-hydroxylation sites is 2. The number of amides is 2. The molecule has 0 spiro atoms. The third kappa shape index (κ3) is 15.5. The van der Waals surface area contributed by atoms with Gasteiger partial charge in [0.1, 0.15) is 12.2 Å². The van der Waals surface area contributed by atoms with Crippen molar-refractivity contribution in [2.24, 2.45) is 0 Å². The Morgan fingerprint density at radius 2 is 1.32 bits per heavy atom. The van der Waals surface area contributed by atoms with E-state index in [1.807, 2.05) is 4.98 Å². The van der Waals surface area contributed by atoms with E-state index in [-0.39, 0.29) is 11.4 Å². The van der Waals surface area contributed by atoms with Gasteiger partial charge in [0, 0.05) is 28.9 Å². The Balaban J connectivity index is 1.53. The predicted octanol–water partition coefficient (Wildman–Crippen LogP) is 5.41. The summed E-state index contributed by atoms with van der Waals surface area (Å²) in [5, 5.41) is 4.31. The van der Waals surface area contributed by atoms with Gasteiger partial charge in [0.15, 0.2) is 0 Å². The Morgan fingerprint density at radius 3 is 1.88 bits per heavy atom. The normalized spacial score (nSPS) is 19.2. The monoisotopic (exact) mass is 888 g/mol. The molecule has 0 saturated heterocycles. The van der Waals surface area contributed by atoms with Crippen LogP contribution < -0.4 is 21.9 Å². The number of carbonyl (C=O) groups excluding carboxylic acids is 2. The van der Waals surface area contributed by atoms with Crippen molar-refractivity contribution in [2.75, 3.05) is 17.2 Å². The lowest BCUT2D eigenvalue weighted by molar-refractivity contribution is -0.209. The van der Waals surface area contributed by atoms with Gasteiger partial charge in [-0.25, -0.2) is 37.2 Å². The number of aromatic nitrogens is 2. The zero-order valence-electron chi connectivity index (χ0n) is 28.8. The van der Waals surface area contributed by atoms with Gasteiger partial charge in [0.25, 0.3) is 12.0 Å². The van der Waals surface area contributed by atoms with Crippen molar-refractivity contribution in [1.29, 1.82) is 0 Å². The number of phosphoric acid groups is 3. The molecule has 2 aromatic carbocycles. The van der Waals surface area contributed by atoms with Crippen molar-refractivity contribution in [1.82, 2.24) is 9.55 Å². The highest BCUT2D eigenvalue weighted by Gasteiger charge is 2.46. The molecular weight excluding hydrogens is 852 g/mol. The van der Waals surface area contributed by atoms with Crippen LogP contribution in [-0.2, 0) is 49.9 Å². The van der Waals surface area contributed by atoms with Gasteiger partial charge in [-0.3, -0.25) is 24.9 Å². The maximum atomic E-state index is 12.9. The maximum Gasteiger partial charge on any atom is 0.490 e. The van der Waals surface area contributed by atoms with Gasteiger partial charge in [-0.15, -0.1) is 0 Å². The third-order valence-corrected chi connectivity index (χ3v) is 15.8. The van der Waals surface area contributed by atoms with Crippen LogP contribution >= 0.6 is 41.6 Å². The molecule has 1 fully saturated rings. The molecule has 3 aromatic rings. The molecule has 0 aliphatic heterocycles. The Hall–Kier alpha value is -3.43. The van der Waals surface area contributed by atoms with Crippen LogP contribution in [0.3, 0.4) is 0 Å². The summed E-state index contributed by atoms with van der Waals surface area (Å²) in [6, 6.07) is 16.4. The van der Waals surface area contributed by atoms with Crippen LogP contribution in [0.15, 0.2) is 82.5 Å². The van der Waals surface area contributed by atoms with Crippen LogP contribution in [-0.4, -0.2) is 65.4 Å². The molecule has 1 saturated carbocycles. The number of hydrogen-bond donors (Lipinski definition) is 7. The molecule has 2 amide bonds. The van der Waals surface area contributed by atoms with Crippen molar-refractivity contribution >= 4 is 65.2 Å². The van der Waals surface area contributed by atoms with E-state index in [0.29, 0.717) is 28.8 Å². The van der Waals surface area contributed by atoms with Crippen LogP contribution in [0, 0.1) is 0 Å². The number of nitrogens with one attached hydrogen (secondary N) is 3. The molecule has 0 radical (unpaired) electrons. The number of phosphoric ester groups is 1. The number of aromatic amines is 1. The molecule has 4 rings (SSSR count). The molecule has 1 aliphatic rings. The Bertz CT molecular complexity index is 2120. The number of nitrogens with zero attached hydrogens (tertiary/aromatic N) is 1. The largest absolute Gasteiger partial charge is 0.490 e. The van der Waals surface area contributed by atoms with E-state index in [0.717, 1.165) is 32.0 Å². The molecule has 28 heteroatoms. The van der Waals surface area contributed by atoms with Gasteiger partial charge >= 0.3 is 48.1 Å². The first-order valence-electron chi connectivity index (χ1n) is 16.0. The lowest BCUT2D eigenvalue weighted by Crippen LogP contribution is -2.42. The topological polar surface area (TPSA) is 327 Å². The SMILES string of the molecule is C[C@@H](OC(=O)Nc1ccccc1)[C@@H](COP(=O)(O)OP(=O)(O)OP(=O)(O)OP(=O)(O)SC1CCCC1)O[C@H](OC(=O)Nc1ccccc1)n1ccc(=O)[nH]c1=O. The number of hydrogen-bond acceptors (Lipinski definition) is 16. The minimum absolute atomic E-state index is 0.223. The summed E-state index contributed by atoms with van der Waals surface area (Å²) in [6.07, 6.45) is -4.73. The average Bonchev–Trinajstić information content (AvgIpc) is 3.57. The van der Waals surface area contributed by atoms with Crippen molar-refractivity contribution in [3.05, 3.63) is 93.8 Å². The first-order valence-corrected chi connectivity index (χ1v) is 23.6. The second kappa shape index (κ2) is 19.8. The lowest BCUT2D eigenvalue weighted by Gasteiger charge is -2.29. The molecule has 1 heterocycles. The number of H-pyrrole nitrogens is 1. The number of anilines is 2. The fourth-order valence-corrected chi connectivity index (χ4v) is 13.0. The van der Waals surface area contributed by atoms with Gasteiger partial charge in [-0.2, -0.15) is 12.9 Å². The Kier molecular flexibility index (Phi) is 16.0. The second-order valence-corrected chi connectivity index (χ2v) is 20.3. The molecular formula is C28H36N4O19P4S. The zero-order valence-corrected chi connectivity index (χ0v) is 33.2. The molecule has 308 valence electrons. The number of ether oxygens (including phenoxy) is 3. The van der Waals surface area contributed by atoms with E-state index in [4.69, 9.17) is 18.7 Å². The minimum Gasteiger partial charge on any atom is -0.443 e. The average molecular weight is 889 g/mol. The fourth-order valence-electron chi connectivity index (χ4n) is 4.67. The molecule has 7 atom stereocenters. The zero-order chi connectivity index (χ0) is 41.1. The molecule has 0 bridgehead atoms. The van der Waals surface area contributed by atoms with Crippen molar-refractivity contribution < 1.29 is 79.1 Å². The number of carbonyl (C=O) groups is 2. The summed E-state index contributed by atoms with van der Waals surface area (Å²) < 4.78 is 83.9. The second-order valence-electron chi connectivity index (χ2n) is 11.4. The molecule has 23 nitrogen and oxygen atoms in total. The van der Waals surface area contributed by atoms with E-state index in [2.05, 4.69) is 23.6 Å². The van der Waals surface area contributed by atoms with E-state index in [1.54, 1.807) is 36.4 Å². The molecule has 1 aromatic heterocycles. The van der Waals surface area contributed by atoms with E-state index in [9.17, 15) is 57.0 Å². The van der Waals surface area contributed by atoms with Gasteiger partial charge in [0.05, 0.1) is 6.61 Å². The van der Waals surface area contributed by atoms with Crippen LogP contribution in [0.25, 0.3) is 0 Å². The molecule has 1 aliphatic carbocycles. The first-order chi connectivity index (χ1) is 26.2. The minimum atomic E-state index is -6.15. The van der Waals surface area contributed by atoms with Crippen LogP contribution in [0.1, 0.15) is 39.0 Å². The van der Waals surface area contributed by atoms with E-state index < -0.39 is 84.2 Å². The highest BCUT2D eigenvalue weighted by atomic mass is 32.7. The lowest BCUT2D eigenvalue weighted by atomic mass is 10.2. The first kappa shape index (κ1) is 45.3. The molecule has 56 heavy (non-hydrogen) atoms. The van der Waals surface area contributed by atoms with Crippen molar-refractivity contribution in [3.8, 4) is 0 Å². The van der Waals surface area contributed by atoms with Crippen LogP contribution in [0.5, 0.6) is 0 Å². The highest BCUT2D eigenvalue weighted by Crippen LogP contribution is 2.74. The summed E-state index contributed by atoms with van der Waals surface area (Å²) in [4.78, 5) is 92.3. The van der Waals surface area contributed by atoms with Gasteiger partial charge in [-0.1, -0.05) is 49.2 Å². The highest BCUT2D eigenvalue weighted by molar-refractivity contribution is 8.55. The van der Waals surface area contributed by atoms with Gasteiger partial charge < -0.3 is 33.8 Å². The van der Waals surface area contributed by atoms with Crippen molar-refractivity contribution in [2.45, 2.75) is 56.5 Å². The number of rotatable bonds is 19. The van der Waals surface area contributed by atoms with E-state index >= 15 is 0 Å². The summed E-state index contributed by atoms with van der Waals surface area (Å²) in [5.41, 5.74) is -1.57. The molecule has 7 N–H and O–H groups in total. The van der Waals surface area contributed by atoms with Crippen LogP contribution in [0.2, 0.25) is 0 Å². The van der Waals surface area contributed by atoms with Gasteiger partial charge in [0.2, 0.25) is 0 Å². The number of benzene rings is 2. The molecule has 4 unspecified atom stereocenters. The maximum absolute atomic E-state index is 12.9. The summed E-state index contributed by atoms with van der Waals surface area (Å²) in [5.74, 6) is 0. The summed E-state index contributed by atoms with van der Waals surface area (Å²) in [6.45, 7) is -5.09. The van der Waals surface area contributed by atoms with Crippen molar-refractivity contribution in [3.63, 3.8) is 0 Å². The summed E-state index contributed by atoms with van der Waals surface area (Å²) >= 11 is 0.310.